The van der Waals surface area contributed by atoms with Gasteiger partial charge in [0.05, 0.1) is 22.8 Å². The number of hydrogen-bond donors (Lipinski definition) is 5. The Morgan fingerprint density at radius 3 is 2.11 bits per heavy atom. The van der Waals surface area contributed by atoms with E-state index < -0.39 is 44.6 Å². The molecule has 17 heteroatoms. The van der Waals surface area contributed by atoms with E-state index in [0.717, 1.165) is 0 Å². The molecule has 3 rings (SSSR count). The zero-order chi connectivity index (χ0) is 25.8. The second-order valence-electron chi connectivity index (χ2n) is 6.76. The number of primary amides is 1. The lowest BCUT2D eigenvalue weighted by Gasteiger charge is -2.10. The molecule has 0 unspecified atom stereocenters. The van der Waals surface area contributed by atoms with Gasteiger partial charge in [0.1, 0.15) is 0 Å². The molecule has 0 saturated carbocycles. The Morgan fingerprint density at radius 2 is 1.54 bits per heavy atom. The average molecular weight is 528 g/mol. The summed E-state index contributed by atoms with van der Waals surface area (Å²) < 4.78 is 72.0. The van der Waals surface area contributed by atoms with Gasteiger partial charge in [-0.1, -0.05) is 0 Å². The third-order valence-electron chi connectivity index (χ3n) is 4.24. The number of hydrogen-bond acceptors (Lipinski definition) is 12. The fourth-order valence-corrected chi connectivity index (χ4v) is 4.17. The normalized spacial score (nSPS) is 11.7. The summed E-state index contributed by atoms with van der Waals surface area (Å²) in [4.78, 5) is 22.3. The minimum absolute atomic E-state index is 0.0440. The van der Waals surface area contributed by atoms with Crippen molar-refractivity contribution in [1.29, 1.82) is 0 Å². The Labute approximate surface area is 198 Å². The van der Waals surface area contributed by atoms with Crippen molar-refractivity contribution in [3.63, 3.8) is 0 Å². The molecule has 0 aliphatic rings. The molecule has 3 aromatic rings. The Kier molecular flexibility index (Phi) is 7.44. The molecule has 186 valence electrons. The molecule has 7 N–H and O–H groups in total. The van der Waals surface area contributed by atoms with Crippen LogP contribution in [-0.4, -0.2) is 54.6 Å². The van der Waals surface area contributed by atoms with E-state index in [-0.39, 0.29) is 33.7 Å². The van der Waals surface area contributed by atoms with Crippen LogP contribution in [0.3, 0.4) is 0 Å². The largest absolute Gasteiger partial charge is 0.398 e. The van der Waals surface area contributed by atoms with E-state index in [1.807, 2.05) is 0 Å². The first-order valence-electron chi connectivity index (χ1n) is 9.42. The van der Waals surface area contributed by atoms with Gasteiger partial charge in [-0.15, -0.1) is 0 Å². The minimum Gasteiger partial charge on any atom is -0.398 e. The lowest BCUT2D eigenvalue weighted by Crippen LogP contribution is -2.15. The van der Waals surface area contributed by atoms with Crippen molar-refractivity contribution >= 4 is 55.1 Å². The number of carbonyl (C=O) groups is 1. The van der Waals surface area contributed by atoms with Crippen LogP contribution in [0.1, 0.15) is 10.4 Å². The van der Waals surface area contributed by atoms with Crippen LogP contribution in [0.25, 0.3) is 0 Å². The quantitative estimate of drug-likeness (QED) is 0.181. The van der Waals surface area contributed by atoms with E-state index in [4.69, 9.17) is 16.0 Å². The topological polar surface area (TPSA) is 230 Å². The molecular formula is C18H18FN7O7S2. The number of nitrogens with zero attached hydrogens (tertiary/aromatic N) is 3. The third-order valence-corrected chi connectivity index (χ3v) is 6.40. The fraction of sp³-hybridized carbons (Fsp3) is 0.111. The Balaban J connectivity index is 1.73. The van der Waals surface area contributed by atoms with Crippen LogP contribution in [0, 0.1) is 6.08 Å². The van der Waals surface area contributed by atoms with Gasteiger partial charge in [-0.2, -0.15) is 27.8 Å². The highest BCUT2D eigenvalue weighted by Crippen LogP contribution is 2.22. The van der Waals surface area contributed by atoms with Crippen molar-refractivity contribution in [3.05, 3.63) is 54.1 Å². The van der Waals surface area contributed by atoms with Gasteiger partial charge >= 0.3 is 16.5 Å². The fourth-order valence-electron chi connectivity index (χ4n) is 2.68. The van der Waals surface area contributed by atoms with Crippen molar-refractivity contribution in [2.24, 2.45) is 5.73 Å². The highest BCUT2D eigenvalue weighted by atomic mass is 32.3. The molecule has 0 radical (unpaired) electrons. The van der Waals surface area contributed by atoms with Crippen LogP contribution in [0.5, 0.6) is 0 Å². The molecule has 0 aliphatic carbocycles. The van der Waals surface area contributed by atoms with Crippen LogP contribution in [-0.2, 0) is 24.4 Å². The minimum atomic E-state index is -4.76. The monoisotopic (exact) mass is 527 g/mol. The number of aromatic nitrogens is 3. The molecular weight excluding hydrogens is 509 g/mol. The Morgan fingerprint density at radius 1 is 0.971 bits per heavy atom. The zero-order valence-corrected chi connectivity index (χ0v) is 19.2. The van der Waals surface area contributed by atoms with Gasteiger partial charge in [0.25, 0.3) is 5.91 Å². The maximum Gasteiger partial charge on any atom is 0.397 e. The van der Waals surface area contributed by atoms with Gasteiger partial charge in [-0.3, -0.25) is 9.35 Å². The average Bonchev–Trinajstić information content (AvgIpc) is 2.74. The first-order valence-corrected chi connectivity index (χ1v) is 12.4. The smallest absolute Gasteiger partial charge is 0.397 e. The van der Waals surface area contributed by atoms with Crippen LogP contribution in [0.15, 0.2) is 47.4 Å². The van der Waals surface area contributed by atoms with Crippen LogP contribution >= 0.6 is 0 Å². The highest BCUT2D eigenvalue weighted by molar-refractivity contribution is 7.91. The molecule has 1 heterocycles. The standard InChI is InChI=1S/C18H18FN7O7S2/c19-16-24-17(26-18(25-16)23-11-3-6-14(20)13(9-11)15(21)27)22-10-1-4-12(5-2-10)34(28,29)8-7-33-35(30,31)32/h1-6,9H,7-8,20H2,(H2,21,27)(H,30,31,32)(H2,22,23,24,25,26). The molecule has 0 spiro atoms. The second kappa shape index (κ2) is 10.1. The van der Waals surface area contributed by atoms with Crippen LogP contribution in [0.2, 0.25) is 0 Å². The first-order chi connectivity index (χ1) is 16.3. The van der Waals surface area contributed by atoms with Crippen molar-refractivity contribution in [3.8, 4) is 0 Å². The van der Waals surface area contributed by atoms with E-state index in [1.54, 1.807) is 0 Å². The molecule has 0 fully saturated rings. The molecule has 14 nitrogen and oxygen atoms in total. The number of anilines is 5. The molecule has 0 saturated heterocycles. The lowest BCUT2D eigenvalue weighted by atomic mass is 10.1. The molecule has 0 bridgehead atoms. The van der Waals surface area contributed by atoms with E-state index >= 15 is 0 Å². The Hall–Kier alpha value is -3.93. The highest BCUT2D eigenvalue weighted by Gasteiger charge is 2.17. The van der Waals surface area contributed by atoms with Gasteiger partial charge in [0.2, 0.25) is 11.9 Å². The summed E-state index contributed by atoms with van der Waals surface area (Å²) in [6, 6.07) is 9.35. The van der Waals surface area contributed by atoms with Gasteiger partial charge < -0.3 is 22.1 Å². The Bertz CT molecular complexity index is 1470. The number of rotatable bonds is 10. The van der Waals surface area contributed by atoms with Gasteiger partial charge in [-0.25, -0.2) is 12.6 Å². The number of sulfone groups is 1. The molecule has 35 heavy (non-hydrogen) atoms. The molecule has 0 atom stereocenters. The second-order valence-corrected chi connectivity index (χ2v) is 9.96. The molecule has 1 amide bonds. The van der Waals surface area contributed by atoms with Crippen molar-refractivity contribution in [1.82, 2.24) is 15.0 Å². The van der Waals surface area contributed by atoms with Gasteiger partial charge in [0, 0.05) is 17.1 Å². The molecule has 0 aliphatic heterocycles. The number of nitrogens with one attached hydrogen (secondary N) is 2. The maximum atomic E-state index is 13.9. The SMILES string of the molecule is NC(=O)c1cc(Nc2nc(F)nc(Nc3ccc(S(=O)(=O)CCOS(=O)(=O)O)cc3)n2)ccc1N. The van der Waals surface area contributed by atoms with Crippen molar-refractivity contribution in [2.75, 3.05) is 28.7 Å². The summed E-state index contributed by atoms with van der Waals surface area (Å²) in [6.45, 7) is -0.768. The van der Waals surface area contributed by atoms with Gasteiger partial charge in [0.15, 0.2) is 9.84 Å². The number of halogens is 1. The predicted octanol–water partition coefficient (Wildman–Crippen LogP) is 0.772. The lowest BCUT2D eigenvalue weighted by molar-refractivity contribution is 0.100. The van der Waals surface area contributed by atoms with E-state index in [2.05, 4.69) is 29.8 Å². The summed E-state index contributed by atoms with van der Waals surface area (Å²) >= 11 is 0. The summed E-state index contributed by atoms with van der Waals surface area (Å²) in [6.07, 6.45) is -1.13. The van der Waals surface area contributed by atoms with Crippen LogP contribution < -0.4 is 22.1 Å². The predicted molar refractivity (Wildman–Crippen MR) is 122 cm³/mol. The number of amides is 1. The van der Waals surface area contributed by atoms with E-state index in [9.17, 15) is 26.0 Å². The van der Waals surface area contributed by atoms with E-state index in [0.29, 0.717) is 5.69 Å². The van der Waals surface area contributed by atoms with Crippen LogP contribution in [0.4, 0.5) is 33.3 Å². The maximum absolute atomic E-state index is 13.9. The molecule has 2 aromatic carbocycles. The van der Waals surface area contributed by atoms with Gasteiger partial charge in [-0.05, 0) is 42.5 Å². The summed E-state index contributed by atoms with van der Waals surface area (Å²) in [7, 11) is -8.67. The summed E-state index contributed by atoms with van der Waals surface area (Å²) in [5.41, 5.74) is 11.7. The number of benzene rings is 2. The zero-order valence-electron chi connectivity index (χ0n) is 17.5. The first kappa shape index (κ1) is 25.7. The third kappa shape index (κ3) is 7.27. The van der Waals surface area contributed by atoms with Crippen molar-refractivity contribution in [2.45, 2.75) is 4.90 Å². The number of nitrogen functional groups attached to an aromatic ring is 1. The number of carbonyl (C=O) groups excluding carboxylic acids is 1. The summed E-state index contributed by atoms with van der Waals surface area (Å²) in [5, 5.41) is 5.38. The number of nitrogens with two attached hydrogens (primary N) is 2. The van der Waals surface area contributed by atoms with E-state index in [1.165, 1.54) is 42.5 Å². The molecule has 1 aromatic heterocycles. The summed E-state index contributed by atoms with van der Waals surface area (Å²) in [5.74, 6) is -1.89. The van der Waals surface area contributed by atoms with Crippen molar-refractivity contribution < 1.29 is 34.8 Å².